The summed E-state index contributed by atoms with van der Waals surface area (Å²) in [5.41, 5.74) is 4.05. The first-order valence-corrected chi connectivity index (χ1v) is 9.51. The van der Waals surface area contributed by atoms with Crippen molar-refractivity contribution in [2.24, 2.45) is 0 Å². The summed E-state index contributed by atoms with van der Waals surface area (Å²) in [6.45, 7) is 5.74. The average molecular weight is 369 g/mol. The van der Waals surface area contributed by atoms with Gasteiger partial charge in [0.25, 0.3) is 0 Å². The van der Waals surface area contributed by atoms with Crippen molar-refractivity contribution in [1.29, 1.82) is 0 Å². The monoisotopic (exact) mass is 369 g/mol. The van der Waals surface area contributed by atoms with Crippen LogP contribution in [-0.2, 0) is 6.54 Å². The highest BCUT2D eigenvalue weighted by atomic mass is 16.3. The van der Waals surface area contributed by atoms with Crippen LogP contribution in [-0.4, -0.2) is 21.8 Å². The number of aromatic hydroxyl groups is 1. The highest BCUT2D eigenvalue weighted by Crippen LogP contribution is 2.34. The van der Waals surface area contributed by atoms with E-state index in [1.807, 2.05) is 31.2 Å². The van der Waals surface area contributed by atoms with Crippen molar-refractivity contribution in [3.8, 4) is 17.0 Å². The maximum absolute atomic E-state index is 9.74. The molecule has 4 rings (SSSR count). The van der Waals surface area contributed by atoms with Gasteiger partial charge in [-0.3, -0.25) is 0 Å². The van der Waals surface area contributed by atoms with Crippen molar-refractivity contribution < 1.29 is 5.11 Å². The first-order chi connectivity index (χ1) is 13.7. The molecule has 1 N–H and O–H groups in total. The summed E-state index contributed by atoms with van der Waals surface area (Å²) >= 11 is 0. The molecule has 0 atom stereocenters. The summed E-state index contributed by atoms with van der Waals surface area (Å²) in [5, 5.41) is 21.1. The Kier molecular flexibility index (Phi) is 4.94. The Balaban J connectivity index is 1.83. The number of phenolic OH excluding ortho intramolecular Hbond substituents is 1. The molecule has 0 amide bonds. The number of hydrogen-bond donors (Lipinski definition) is 1. The molecule has 4 nitrogen and oxygen atoms in total. The Morgan fingerprint density at radius 2 is 1.57 bits per heavy atom. The lowest BCUT2D eigenvalue weighted by Crippen LogP contribution is -2.23. The molecule has 28 heavy (non-hydrogen) atoms. The number of hydrogen-bond acceptors (Lipinski definition) is 4. The van der Waals surface area contributed by atoms with Gasteiger partial charge in [0.05, 0.1) is 0 Å². The van der Waals surface area contributed by atoms with Gasteiger partial charge in [0, 0.05) is 29.4 Å². The number of aromatic nitrogens is 2. The van der Waals surface area contributed by atoms with Gasteiger partial charge in [-0.05, 0) is 43.2 Å². The van der Waals surface area contributed by atoms with Crippen LogP contribution >= 0.6 is 0 Å². The van der Waals surface area contributed by atoms with E-state index in [4.69, 9.17) is 0 Å². The molecule has 0 saturated carbocycles. The summed E-state index contributed by atoms with van der Waals surface area (Å²) in [6, 6.07) is 24.0. The summed E-state index contributed by atoms with van der Waals surface area (Å²) in [6.07, 6.45) is 0. The number of nitrogens with zero attached hydrogens (tertiary/aromatic N) is 3. The van der Waals surface area contributed by atoms with Crippen LogP contribution in [0, 0.1) is 6.92 Å². The Morgan fingerprint density at radius 3 is 2.29 bits per heavy atom. The van der Waals surface area contributed by atoms with Crippen LogP contribution in [0.15, 0.2) is 72.8 Å². The van der Waals surface area contributed by atoms with Gasteiger partial charge in [0.15, 0.2) is 5.82 Å². The third kappa shape index (κ3) is 3.41. The Hall–Kier alpha value is -3.40. The topological polar surface area (TPSA) is 49.2 Å². The maximum atomic E-state index is 9.74. The van der Waals surface area contributed by atoms with Gasteiger partial charge < -0.3 is 10.0 Å². The molecule has 0 fully saturated rings. The van der Waals surface area contributed by atoms with Crippen LogP contribution in [0.3, 0.4) is 0 Å². The van der Waals surface area contributed by atoms with E-state index in [2.05, 4.69) is 58.4 Å². The molecule has 0 aliphatic rings. The van der Waals surface area contributed by atoms with Gasteiger partial charge in [0.1, 0.15) is 11.4 Å². The summed E-state index contributed by atoms with van der Waals surface area (Å²) in [5.74, 6) is 1.15. The molecule has 4 aromatic rings. The van der Waals surface area contributed by atoms with Gasteiger partial charge in [-0.1, -0.05) is 54.6 Å². The average Bonchev–Trinajstić information content (AvgIpc) is 2.72. The lowest BCUT2D eigenvalue weighted by molar-refractivity contribution is 0.475. The summed E-state index contributed by atoms with van der Waals surface area (Å²) in [4.78, 5) is 2.25. The van der Waals surface area contributed by atoms with E-state index < -0.39 is 0 Å². The fourth-order valence-electron chi connectivity index (χ4n) is 3.58. The Morgan fingerprint density at radius 1 is 0.857 bits per heavy atom. The summed E-state index contributed by atoms with van der Waals surface area (Å²) < 4.78 is 0. The van der Waals surface area contributed by atoms with Crippen molar-refractivity contribution in [3.63, 3.8) is 0 Å². The van der Waals surface area contributed by atoms with Crippen molar-refractivity contribution in [2.75, 3.05) is 11.4 Å². The van der Waals surface area contributed by atoms with E-state index in [0.717, 1.165) is 46.5 Å². The zero-order valence-electron chi connectivity index (χ0n) is 16.1. The Labute approximate surface area is 165 Å². The highest BCUT2D eigenvalue weighted by Gasteiger charge is 2.16. The molecule has 0 unspecified atom stereocenters. The number of benzene rings is 3. The van der Waals surface area contributed by atoms with Crippen LogP contribution in [0.1, 0.15) is 18.1 Å². The quantitative estimate of drug-likeness (QED) is 0.516. The van der Waals surface area contributed by atoms with Gasteiger partial charge >= 0.3 is 0 Å². The number of phenols is 1. The van der Waals surface area contributed by atoms with Crippen LogP contribution < -0.4 is 4.90 Å². The van der Waals surface area contributed by atoms with Gasteiger partial charge in [-0.2, -0.15) is 0 Å². The summed E-state index contributed by atoms with van der Waals surface area (Å²) in [7, 11) is 0. The number of aryl methyl sites for hydroxylation is 1. The molecule has 4 heteroatoms. The van der Waals surface area contributed by atoms with E-state index in [-0.39, 0.29) is 5.75 Å². The second-order valence-electron chi connectivity index (χ2n) is 6.92. The molecule has 1 heterocycles. The highest BCUT2D eigenvalue weighted by molar-refractivity contribution is 6.00. The lowest BCUT2D eigenvalue weighted by atomic mass is 10.0. The van der Waals surface area contributed by atoms with Crippen LogP contribution in [0.2, 0.25) is 0 Å². The van der Waals surface area contributed by atoms with E-state index in [1.165, 1.54) is 5.56 Å². The fourth-order valence-corrected chi connectivity index (χ4v) is 3.58. The predicted octanol–water partition coefficient (Wildman–Crippen LogP) is 5.34. The number of rotatable bonds is 5. The minimum Gasteiger partial charge on any atom is -0.508 e. The van der Waals surface area contributed by atoms with Crippen LogP contribution in [0.25, 0.3) is 22.0 Å². The molecule has 140 valence electrons. The van der Waals surface area contributed by atoms with E-state index in [1.54, 1.807) is 12.1 Å². The minimum absolute atomic E-state index is 0.259. The molecule has 0 spiro atoms. The largest absolute Gasteiger partial charge is 0.508 e. The van der Waals surface area contributed by atoms with Crippen molar-refractivity contribution >= 4 is 16.6 Å². The van der Waals surface area contributed by atoms with E-state index in [0.29, 0.717) is 0 Å². The molecule has 0 aliphatic carbocycles. The van der Waals surface area contributed by atoms with Crippen molar-refractivity contribution in [1.82, 2.24) is 10.2 Å². The minimum atomic E-state index is 0.259. The normalized spacial score (nSPS) is 10.9. The zero-order valence-corrected chi connectivity index (χ0v) is 16.1. The molecular formula is C24H23N3O. The molecule has 0 bridgehead atoms. The first kappa shape index (κ1) is 18.0. The first-order valence-electron chi connectivity index (χ1n) is 9.51. The van der Waals surface area contributed by atoms with Gasteiger partial charge in [-0.25, -0.2) is 0 Å². The molecular weight excluding hydrogens is 346 g/mol. The Bertz CT molecular complexity index is 1110. The molecule has 0 radical (unpaired) electrons. The predicted molar refractivity (Wildman–Crippen MR) is 115 cm³/mol. The third-order valence-electron chi connectivity index (χ3n) is 5.03. The zero-order chi connectivity index (χ0) is 19.5. The van der Waals surface area contributed by atoms with E-state index >= 15 is 0 Å². The number of anilines is 1. The van der Waals surface area contributed by atoms with Gasteiger partial charge in [0.2, 0.25) is 0 Å². The SMILES string of the molecule is CCN(Cc1ccccc1)c1nnc(-c2ccc(O)cc2C)c2ccccc12. The smallest absolute Gasteiger partial charge is 0.159 e. The van der Waals surface area contributed by atoms with Crippen molar-refractivity contribution in [2.45, 2.75) is 20.4 Å². The second-order valence-corrected chi connectivity index (χ2v) is 6.92. The second kappa shape index (κ2) is 7.69. The maximum Gasteiger partial charge on any atom is 0.159 e. The third-order valence-corrected chi connectivity index (χ3v) is 5.03. The molecule has 0 saturated heterocycles. The standard InChI is InChI=1S/C24H23N3O/c1-3-27(16-18-9-5-4-6-10-18)24-22-12-8-7-11-21(22)23(25-26-24)20-14-13-19(28)15-17(20)2/h4-15,28H,3,16H2,1-2H3. The molecule has 1 aromatic heterocycles. The molecule has 0 aliphatic heterocycles. The van der Waals surface area contributed by atoms with E-state index in [9.17, 15) is 5.11 Å². The van der Waals surface area contributed by atoms with Crippen molar-refractivity contribution in [3.05, 3.63) is 83.9 Å². The fraction of sp³-hybridized carbons (Fsp3) is 0.167. The lowest BCUT2D eigenvalue weighted by Gasteiger charge is -2.23. The van der Waals surface area contributed by atoms with Gasteiger partial charge in [-0.15, -0.1) is 10.2 Å². The van der Waals surface area contributed by atoms with Crippen LogP contribution in [0.5, 0.6) is 5.75 Å². The number of fused-ring (bicyclic) bond motifs is 1. The molecule has 3 aromatic carbocycles. The van der Waals surface area contributed by atoms with Crippen LogP contribution in [0.4, 0.5) is 5.82 Å².